The van der Waals surface area contributed by atoms with Crippen molar-refractivity contribution in [2.75, 3.05) is 0 Å². The molecule has 10 aromatic rings. The Morgan fingerprint density at radius 1 is 0.241 bits per heavy atom. The number of rotatable bonds is 3. The van der Waals surface area contributed by atoms with Gasteiger partial charge in [0.25, 0.3) is 0 Å². The molecule has 1 aromatic heterocycles. The van der Waals surface area contributed by atoms with Gasteiger partial charge in [-0.25, -0.2) is 0 Å². The van der Waals surface area contributed by atoms with Crippen molar-refractivity contribution in [3.8, 4) is 44.5 Å². The lowest BCUT2D eigenvalue weighted by Crippen LogP contribution is -2.19. The molecule has 11 rings (SSSR count). The van der Waals surface area contributed by atoms with Crippen LogP contribution in [0, 0.1) is 187 Å². The fourth-order valence-corrected chi connectivity index (χ4v) is 16.5. The second-order valence-electron chi connectivity index (χ2n) is 26.1. The van der Waals surface area contributed by atoms with Crippen molar-refractivity contribution in [3.63, 3.8) is 0 Å². The van der Waals surface area contributed by atoms with Gasteiger partial charge in [0.15, 0.2) is 0 Å². The quantitative estimate of drug-likeness (QED) is 0.161. The van der Waals surface area contributed by atoms with E-state index >= 15 is 0 Å². The van der Waals surface area contributed by atoms with Crippen LogP contribution in [0.4, 0.5) is 0 Å². The molecule has 0 radical (unpaired) electrons. The normalized spacial score (nSPS) is 13.4. The number of benzene rings is 9. The SMILES string of the molecule is [2H]c1c(C)c(C)c(C)c2c(-c3c(C)c(C)c(C)c4oc5c(C)c6c(C)c(C)c(C)c(C)c6c(C)c5c34)c3c(C)c(C)c(C)c(C)c3c(-c3c(C)c(C)c(-c4c(C)c(C)c(C)c5c4-c4c(C)c(C)c(C)c(C)c4C5(C)C)c(C)c3C)c12. The van der Waals surface area contributed by atoms with E-state index in [1.165, 1.54) is 238 Å². The van der Waals surface area contributed by atoms with E-state index in [2.05, 4.69) is 201 Å². The van der Waals surface area contributed by atoms with Crippen molar-refractivity contribution >= 4 is 54.3 Å². The maximum Gasteiger partial charge on any atom is 0.139 e. The van der Waals surface area contributed by atoms with E-state index in [4.69, 9.17) is 4.42 Å². The Balaban J connectivity index is 1.38. The minimum absolute atomic E-state index is 0.158. The fraction of sp³-hybridized carbons (Fsp3) is 0.385. The highest BCUT2D eigenvalue weighted by atomic mass is 16.3. The van der Waals surface area contributed by atoms with Crippen molar-refractivity contribution in [3.05, 3.63) is 167 Å². The molecule has 0 N–H and O–H groups in total. The smallest absolute Gasteiger partial charge is 0.139 e. The lowest BCUT2D eigenvalue weighted by Gasteiger charge is -2.31. The first-order chi connectivity index (χ1) is 37.2. The van der Waals surface area contributed by atoms with Crippen molar-refractivity contribution in [2.24, 2.45) is 0 Å². The number of hydrogen-bond donors (Lipinski definition) is 0. The molecule has 0 fully saturated rings. The van der Waals surface area contributed by atoms with Gasteiger partial charge in [-0.3, -0.25) is 0 Å². The maximum absolute atomic E-state index is 10.7. The molecule has 0 saturated heterocycles. The molecule has 1 nitrogen and oxygen atoms in total. The van der Waals surface area contributed by atoms with E-state index in [-0.39, 0.29) is 5.41 Å². The van der Waals surface area contributed by atoms with E-state index in [9.17, 15) is 1.37 Å². The monoisotopic (exact) mass is 1040 g/mol. The van der Waals surface area contributed by atoms with Gasteiger partial charge in [-0.1, -0.05) is 19.9 Å². The predicted octanol–water partition coefficient (Wildman–Crippen LogP) is 22.7. The molecule has 79 heavy (non-hydrogen) atoms. The van der Waals surface area contributed by atoms with Crippen LogP contribution in [0.3, 0.4) is 0 Å². The first-order valence-electron chi connectivity index (χ1n) is 29.9. The molecule has 0 aliphatic heterocycles. The van der Waals surface area contributed by atoms with Crippen LogP contribution in [0.2, 0.25) is 0 Å². The van der Waals surface area contributed by atoms with Gasteiger partial charge in [0, 0.05) is 21.8 Å². The highest BCUT2D eigenvalue weighted by molar-refractivity contribution is 6.30. The molecular weight excluding hydrogens is 953 g/mol. The van der Waals surface area contributed by atoms with Gasteiger partial charge in [0.05, 0.1) is 1.37 Å². The Morgan fingerprint density at radius 3 is 1.10 bits per heavy atom. The molecular formula is C78H88O. The van der Waals surface area contributed by atoms with E-state index in [0.29, 0.717) is 6.04 Å². The zero-order chi connectivity index (χ0) is 58.9. The van der Waals surface area contributed by atoms with Crippen LogP contribution >= 0.6 is 0 Å². The Kier molecular flexibility index (Phi) is 11.8. The van der Waals surface area contributed by atoms with Crippen molar-refractivity contribution in [1.29, 1.82) is 0 Å². The number of aryl methyl sites for hydroxylation is 8. The number of furan rings is 1. The molecule has 0 bridgehead atoms. The van der Waals surface area contributed by atoms with E-state index in [1.54, 1.807) is 0 Å². The fourth-order valence-electron chi connectivity index (χ4n) is 16.5. The van der Waals surface area contributed by atoms with E-state index in [0.717, 1.165) is 22.1 Å². The Morgan fingerprint density at radius 2 is 0.582 bits per heavy atom. The summed E-state index contributed by atoms with van der Waals surface area (Å²) in [4.78, 5) is 0. The second kappa shape index (κ2) is 17.5. The van der Waals surface area contributed by atoms with Crippen LogP contribution in [0.15, 0.2) is 10.5 Å². The first-order valence-corrected chi connectivity index (χ1v) is 29.4. The molecule has 0 atom stereocenters. The molecule has 0 unspecified atom stereocenters. The van der Waals surface area contributed by atoms with Crippen LogP contribution in [0.25, 0.3) is 98.8 Å². The van der Waals surface area contributed by atoms with Crippen LogP contribution in [0.5, 0.6) is 0 Å². The van der Waals surface area contributed by atoms with Gasteiger partial charge in [-0.05, 0) is 420 Å². The third-order valence-corrected chi connectivity index (χ3v) is 22.8. The van der Waals surface area contributed by atoms with E-state index < -0.39 is 0 Å². The first kappa shape index (κ1) is 53.2. The Hall–Kier alpha value is -6.44. The second-order valence-corrected chi connectivity index (χ2v) is 26.1. The van der Waals surface area contributed by atoms with Gasteiger partial charge in [0.1, 0.15) is 11.2 Å². The van der Waals surface area contributed by atoms with Gasteiger partial charge >= 0.3 is 0 Å². The summed E-state index contributed by atoms with van der Waals surface area (Å²) < 4.78 is 18.2. The van der Waals surface area contributed by atoms with Crippen LogP contribution < -0.4 is 0 Å². The summed E-state index contributed by atoms with van der Waals surface area (Å²) in [6.07, 6.45) is 0. The lowest BCUT2D eigenvalue weighted by molar-refractivity contribution is 0.648. The average Bonchev–Trinajstić information content (AvgIpc) is 3.11. The Labute approximate surface area is 475 Å². The summed E-state index contributed by atoms with van der Waals surface area (Å²) in [5, 5.41) is 9.91. The average molecular weight is 1040 g/mol. The highest BCUT2D eigenvalue weighted by Gasteiger charge is 2.43. The predicted molar refractivity (Wildman–Crippen MR) is 348 cm³/mol. The summed E-state index contributed by atoms with van der Waals surface area (Å²) in [6.45, 7) is 68.2. The maximum atomic E-state index is 10.7. The van der Waals surface area contributed by atoms with Crippen molar-refractivity contribution in [2.45, 2.75) is 206 Å². The largest absolute Gasteiger partial charge is 0.455 e. The van der Waals surface area contributed by atoms with Gasteiger partial charge in [0.2, 0.25) is 0 Å². The topological polar surface area (TPSA) is 13.1 Å². The summed E-state index contributed by atoms with van der Waals surface area (Å²) in [7, 11) is 0. The van der Waals surface area contributed by atoms with Crippen LogP contribution in [-0.4, -0.2) is 0 Å². The molecule has 0 spiro atoms. The molecule has 9 aromatic carbocycles. The van der Waals surface area contributed by atoms with Crippen molar-refractivity contribution in [1.82, 2.24) is 0 Å². The Bertz CT molecular complexity index is 4530. The third kappa shape index (κ3) is 6.57. The molecule has 1 aliphatic rings. The molecule has 1 heteroatoms. The molecule has 0 saturated carbocycles. The third-order valence-electron chi connectivity index (χ3n) is 22.8. The zero-order valence-electron chi connectivity index (χ0n) is 54.9. The minimum atomic E-state index is -0.158. The van der Waals surface area contributed by atoms with Crippen molar-refractivity contribution < 1.29 is 5.79 Å². The number of fused-ring (bicyclic) bond motifs is 9. The standard InChI is InChI=1S/C78H88O/c1-31-30-58-63(41(11)32(31)2)71(67-47(17)40(10)55(25)76-73(67)69-56(26)61-42(12)33(3)34(4)43(13)62(61)57(27)77(69)79-76)66-45(15)36(6)35(5)44(14)65(66)70(58)60-51(21)49(19)59(50(20)52(60)22)64-46(16)39(9)54(24)75-72(64)68-48(18)37(7)38(8)53(23)74(68)78(75,28)29/h30H,1-29H3/i30D. The highest BCUT2D eigenvalue weighted by Crippen LogP contribution is 2.61. The van der Waals surface area contributed by atoms with Gasteiger partial charge < -0.3 is 4.42 Å². The lowest BCUT2D eigenvalue weighted by atomic mass is 9.73. The minimum Gasteiger partial charge on any atom is -0.455 e. The molecule has 1 heterocycles. The molecule has 1 aliphatic carbocycles. The summed E-state index contributed by atoms with van der Waals surface area (Å²) >= 11 is 0. The summed E-state index contributed by atoms with van der Waals surface area (Å²) in [5.74, 6) is 0. The summed E-state index contributed by atoms with van der Waals surface area (Å²) in [6, 6.07) is 0.623. The zero-order valence-corrected chi connectivity index (χ0v) is 53.9. The summed E-state index contributed by atoms with van der Waals surface area (Å²) in [5.41, 5.74) is 50.8. The van der Waals surface area contributed by atoms with E-state index in [1.807, 2.05) is 0 Å². The number of hydrogen-bond acceptors (Lipinski definition) is 1. The van der Waals surface area contributed by atoms with Crippen LogP contribution in [-0.2, 0) is 5.41 Å². The van der Waals surface area contributed by atoms with Gasteiger partial charge in [-0.15, -0.1) is 0 Å². The van der Waals surface area contributed by atoms with Gasteiger partial charge in [-0.2, -0.15) is 0 Å². The van der Waals surface area contributed by atoms with Crippen LogP contribution in [0.1, 0.15) is 177 Å². The molecule has 406 valence electrons. The molecule has 0 amide bonds.